The summed E-state index contributed by atoms with van der Waals surface area (Å²) >= 11 is 6.14. The number of rotatable bonds is 5. The number of carbonyl (C=O) groups excluding carboxylic acids is 1. The van der Waals surface area contributed by atoms with Crippen LogP contribution in [0.1, 0.15) is 36.5 Å². The normalized spacial score (nSPS) is 15.1. The van der Waals surface area contributed by atoms with Gasteiger partial charge >= 0.3 is 0 Å². The summed E-state index contributed by atoms with van der Waals surface area (Å²) in [7, 11) is 1.56. The van der Waals surface area contributed by atoms with E-state index in [1.165, 1.54) is 5.56 Å². The highest BCUT2D eigenvalue weighted by atomic mass is 35.5. The van der Waals surface area contributed by atoms with Crippen LogP contribution < -0.4 is 10.1 Å². The number of hydrogen-bond donors (Lipinski definition) is 1. The molecule has 144 valence electrons. The van der Waals surface area contributed by atoms with E-state index in [0.717, 1.165) is 36.5 Å². The molecule has 7 heteroatoms. The Morgan fingerprint density at radius 3 is 2.93 bits per heavy atom. The van der Waals surface area contributed by atoms with Crippen molar-refractivity contribution in [3.05, 3.63) is 46.0 Å². The molecule has 1 aliphatic heterocycles. The van der Waals surface area contributed by atoms with Gasteiger partial charge in [-0.2, -0.15) is 0 Å². The molecule has 1 amide bonds. The van der Waals surface area contributed by atoms with Crippen LogP contribution in [0.4, 0.5) is 5.69 Å². The lowest BCUT2D eigenvalue weighted by atomic mass is 10.0. The molecule has 0 spiro atoms. The number of nitrogens with one attached hydrogen (secondary N) is 1. The molecule has 2 heterocycles. The first-order valence-corrected chi connectivity index (χ1v) is 9.53. The van der Waals surface area contributed by atoms with E-state index in [1.807, 2.05) is 33.0 Å². The Balaban J connectivity index is 1.73. The van der Waals surface area contributed by atoms with E-state index in [4.69, 9.17) is 16.3 Å². The van der Waals surface area contributed by atoms with Gasteiger partial charge in [-0.15, -0.1) is 0 Å². The number of benzene rings is 1. The lowest BCUT2D eigenvalue weighted by Crippen LogP contribution is -2.45. The molecule has 1 aromatic heterocycles. The number of hydrogen-bond acceptors (Lipinski definition) is 5. The summed E-state index contributed by atoms with van der Waals surface area (Å²) < 4.78 is 5.35. The molecule has 0 saturated heterocycles. The van der Waals surface area contributed by atoms with Crippen LogP contribution in [0.2, 0.25) is 5.02 Å². The zero-order valence-electron chi connectivity index (χ0n) is 16.2. The Bertz CT molecular complexity index is 856. The molecule has 6 nitrogen and oxygen atoms in total. The maximum absolute atomic E-state index is 12.8. The van der Waals surface area contributed by atoms with E-state index in [1.54, 1.807) is 13.2 Å². The third-order valence-electron chi connectivity index (χ3n) is 5.01. The second-order valence-corrected chi connectivity index (χ2v) is 7.21. The van der Waals surface area contributed by atoms with Gasteiger partial charge in [-0.3, -0.25) is 9.69 Å². The van der Waals surface area contributed by atoms with Crippen molar-refractivity contribution < 1.29 is 9.53 Å². The first kappa shape index (κ1) is 19.6. The van der Waals surface area contributed by atoms with Crippen molar-refractivity contribution in [2.75, 3.05) is 19.0 Å². The van der Waals surface area contributed by atoms with Gasteiger partial charge in [-0.1, -0.05) is 18.5 Å². The smallest absolute Gasteiger partial charge is 0.241 e. The maximum Gasteiger partial charge on any atom is 0.241 e. The zero-order chi connectivity index (χ0) is 19.6. The van der Waals surface area contributed by atoms with Crippen molar-refractivity contribution in [1.82, 2.24) is 14.9 Å². The van der Waals surface area contributed by atoms with Crippen LogP contribution in [0.15, 0.2) is 18.3 Å². The first-order valence-electron chi connectivity index (χ1n) is 9.15. The molecule has 27 heavy (non-hydrogen) atoms. The number of methoxy groups -OCH3 is 1. The fraction of sp³-hybridized carbons (Fsp3) is 0.450. The largest absolute Gasteiger partial charge is 0.495 e. The Morgan fingerprint density at radius 2 is 2.22 bits per heavy atom. The molecular weight excluding hydrogens is 364 g/mol. The highest BCUT2D eigenvalue weighted by Gasteiger charge is 2.27. The van der Waals surface area contributed by atoms with Gasteiger partial charge in [0.1, 0.15) is 11.6 Å². The predicted octanol–water partition coefficient (Wildman–Crippen LogP) is 3.39. The minimum Gasteiger partial charge on any atom is -0.495 e. The summed E-state index contributed by atoms with van der Waals surface area (Å²) in [6.07, 6.45) is 3.57. The minimum atomic E-state index is -0.293. The van der Waals surface area contributed by atoms with Gasteiger partial charge in [0.15, 0.2) is 0 Å². The second-order valence-electron chi connectivity index (χ2n) is 6.80. The van der Waals surface area contributed by atoms with Crippen LogP contribution in [-0.4, -0.2) is 40.5 Å². The van der Waals surface area contributed by atoms with E-state index < -0.39 is 0 Å². The quantitative estimate of drug-likeness (QED) is 0.850. The van der Waals surface area contributed by atoms with Crippen LogP contribution in [0, 0.1) is 6.92 Å². The number of anilines is 1. The van der Waals surface area contributed by atoms with Crippen LogP contribution in [0.5, 0.6) is 5.75 Å². The molecule has 0 radical (unpaired) electrons. The number of fused-ring (bicyclic) bond motifs is 1. The van der Waals surface area contributed by atoms with Crippen molar-refractivity contribution in [2.24, 2.45) is 0 Å². The van der Waals surface area contributed by atoms with Gasteiger partial charge in [0, 0.05) is 36.8 Å². The number of carbonyl (C=O) groups is 1. The van der Waals surface area contributed by atoms with E-state index in [0.29, 0.717) is 23.0 Å². The van der Waals surface area contributed by atoms with Crippen LogP contribution in [0.3, 0.4) is 0 Å². The summed E-state index contributed by atoms with van der Waals surface area (Å²) in [5, 5.41) is 3.58. The summed E-state index contributed by atoms with van der Waals surface area (Å²) in [6, 6.07) is 3.26. The Morgan fingerprint density at radius 1 is 1.44 bits per heavy atom. The number of nitrogens with zero attached hydrogens (tertiary/aromatic N) is 3. The summed E-state index contributed by atoms with van der Waals surface area (Å²) in [4.78, 5) is 24.0. The molecule has 0 bridgehead atoms. The van der Waals surface area contributed by atoms with Crippen molar-refractivity contribution in [1.29, 1.82) is 0 Å². The predicted molar refractivity (Wildman–Crippen MR) is 106 cm³/mol. The van der Waals surface area contributed by atoms with E-state index in [-0.39, 0.29) is 11.9 Å². The summed E-state index contributed by atoms with van der Waals surface area (Å²) in [5.41, 5.74) is 3.71. The lowest BCUT2D eigenvalue weighted by molar-refractivity contribution is -0.121. The maximum atomic E-state index is 12.8. The second kappa shape index (κ2) is 8.23. The van der Waals surface area contributed by atoms with E-state index in [9.17, 15) is 4.79 Å². The lowest BCUT2D eigenvalue weighted by Gasteiger charge is -2.32. The van der Waals surface area contributed by atoms with Gasteiger partial charge in [-0.25, -0.2) is 9.97 Å². The van der Waals surface area contributed by atoms with Gasteiger partial charge in [0.05, 0.1) is 24.5 Å². The number of amides is 1. The molecular formula is C20H25ClN4O2. The van der Waals surface area contributed by atoms with Crippen LogP contribution in [-0.2, 0) is 24.2 Å². The average Bonchev–Trinajstić information content (AvgIpc) is 2.68. The fourth-order valence-electron chi connectivity index (χ4n) is 3.20. The Labute approximate surface area is 164 Å². The Hall–Kier alpha value is -2.18. The van der Waals surface area contributed by atoms with Crippen molar-refractivity contribution in [3.8, 4) is 5.75 Å². The molecule has 1 atom stereocenters. The van der Waals surface area contributed by atoms with E-state index in [2.05, 4.69) is 20.2 Å². The third-order valence-corrected chi connectivity index (χ3v) is 5.41. The van der Waals surface area contributed by atoms with Crippen LogP contribution >= 0.6 is 11.6 Å². The topological polar surface area (TPSA) is 67.4 Å². The molecule has 1 N–H and O–H groups in total. The van der Waals surface area contributed by atoms with Crippen molar-refractivity contribution in [2.45, 2.75) is 46.2 Å². The Kier molecular flexibility index (Phi) is 5.97. The van der Waals surface area contributed by atoms with Crippen LogP contribution in [0.25, 0.3) is 0 Å². The zero-order valence-corrected chi connectivity index (χ0v) is 16.9. The molecule has 1 aliphatic rings. The summed E-state index contributed by atoms with van der Waals surface area (Å²) in [6.45, 7) is 7.30. The molecule has 0 saturated carbocycles. The number of ether oxygens (including phenoxy) is 1. The molecule has 1 aromatic carbocycles. The third kappa shape index (κ3) is 4.22. The van der Waals surface area contributed by atoms with Gasteiger partial charge in [0.2, 0.25) is 5.91 Å². The minimum absolute atomic E-state index is 0.0803. The van der Waals surface area contributed by atoms with Gasteiger partial charge in [-0.05, 0) is 37.5 Å². The molecule has 1 unspecified atom stereocenters. The van der Waals surface area contributed by atoms with Gasteiger partial charge in [0.25, 0.3) is 0 Å². The highest BCUT2D eigenvalue weighted by Crippen LogP contribution is 2.31. The molecule has 2 aromatic rings. The standard InChI is InChI=1S/C20H25ClN4O2/c1-5-19-22-10-14-6-7-25(11-17(14)23-19)13(3)20(26)24-16-8-12(2)15(21)9-18(16)27-4/h8-10,13H,5-7,11H2,1-4H3,(H,24,26). The monoisotopic (exact) mass is 388 g/mol. The molecule has 0 fully saturated rings. The van der Waals surface area contributed by atoms with Crippen molar-refractivity contribution >= 4 is 23.2 Å². The number of halogens is 1. The summed E-state index contributed by atoms with van der Waals surface area (Å²) in [5.74, 6) is 1.31. The number of aromatic nitrogens is 2. The average molecular weight is 389 g/mol. The highest BCUT2D eigenvalue weighted by molar-refractivity contribution is 6.31. The number of aryl methyl sites for hydroxylation is 2. The van der Waals surface area contributed by atoms with Gasteiger partial charge < -0.3 is 10.1 Å². The first-order chi connectivity index (χ1) is 12.9. The van der Waals surface area contributed by atoms with Crippen molar-refractivity contribution in [3.63, 3.8) is 0 Å². The molecule has 0 aliphatic carbocycles. The molecule has 3 rings (SSSR count). The SMILES string of the molecule is CCc1ncc2c(n1)CN(C(C)C(=O)Nc1cc(C)c(Cl)cc1OC)CC2. The fourth-order valence-corrected chi connectivity index (χ4v) is 3.35. The van der Waals surface area contributed by atoms with E-state index >= 15 is 0 Å².